The van der Waals surface area contributed by atoms with Crippen molar-refractivity contribution in [3.05, 3.63) is 0 Å². The molecular formula is C16H36N2. The zero-order valence-corrected chi connectivity index (χ0v) is 13.4. The first-order valence-electron chi connectivity index (χ1n) is 7.81. The molecule has 0 amide bonds. The van der Waals surface area contributed by atoms with Crippen LogP contribution in [0.1, 0.15) is 86.0 Å². The van der Waals surface area contributed by atoms with Crippen molar-refractivity contribution in [2.45, 2.75) is 91.6 Å². The van der Waals surface area contributed by atoms with Gasteiger partial charge in [0.2, 0.25) is 0 Å². The fourth-order valence-electron chi connectivity index (χ4n) is 2.30. The normalized spacial score (nSPS) is 14.8. The van der Waals surface area contributed by atoms with Gasteiger partial charge in [-0.25, -0.2) is 0 Å². The number of rotatable bonds is 10. The van der Waals surface area contributed by atoms with E-state index in [9.17, 15) is 0 Å². The Morgan fingerprint density at radius 3 is 1.72 bits per heavy atom. The molecule has 0 spiro atoms. The molecule has 2 heteroatoms. The molecule has 0 saturated heterocycles. The third-order valence-electron chi connectivity index (χ3n) is 4.86. The molecule has 0 rings (SSSR count). The standard InChI is InChI=1S/C16H36N2/c1-6-7-8-9-10-11-12-13-14(2)15(3,4)16(5,17)18/h14H,6-13,17-18H2,1-5H3. The molecule has 110 valence electrons. The molecule has 18 heavy (non-hydrogen) atoms. The Bertz CT molecular complexity index is 204. The molecule has 2 nitrogen and oxygen atoms in total. The smallest absolute Gasteiger partial charge is 0.0662 e. The van der Waals surface area contributed by atoms with Gasteiger partial charge in [0, 0.05) is 0 Å². The first kappa shape index (κ1) is 17.9. The summed E-state index contributed by atoms with van der Waals surface area (Å²) < 4.78 is 0. The summed E-state index contributed by atoms with van der Waals surface area (Å²) in [6, 6.07) is 0. The molecule has 1 atom stereocenters. The molecule has 0 aliphatic carbocycles. The van der Waals surface area contributed by atoms with Crippen LogP contribution < -0.4 is 11.5 Å². The third-order valence-corrected chi connectivity index (χ3v) is 4.86. The van der Waals surface area contributed by atoms with Gasteiger partial charge in [-0.05, 0) is 18.3 Å². The fraction of sp³-hybridized carbons (Fsp3) is 1.00. The van der Waals surface area contributed by atoms with Crippen LogP contribution >= 0.6 is 0 Å². The summed E-state index contributed by atoms with van der Waals surface area (Å²) in [5.41, 5.74) is 11.6. The molecule has 4 N–H and O–H groups in total. The molecule has 0 radical (unpaired) electrons. The Labute approximate surface area is 115 Å². The van der Waals surface area contributed by atoms with E-state index in [2.05, 4.69) is 27.7 Å². The van der Waals surface area contributed by atoms with E-state index in [1.54, 1.807) is 0 Å². The summed E-state index contributed by atoms with van der Waals surface area (Å²) in [5, 5.41) is 0. The molecule has 0 fully saturated rings. The average Bonchev–Trinajstić information content (AvgIpc) is 2.26. The number of unbranched alkanes of at least 4 members (excludes halogenated alkanes) is 6. The van der Waals surface area contributed by atoms with Crippen LogP contribution in [0.25, 0.3) is 0 Å². The van der Waals surface area contributed by atoms with Gasteiger partial charge in [0.15, 0.2) is 0 Å². The summed E-state index contributed by atoms with van der Waals surface area (Å²) in [7, 11) is 0. The molecule has 0 heterocycles. The van der Waals surface area contributed by atoms with Gasteiger partial charge < -0.3 is 11.5 Å². The number of hydrogen-bond donors (Lipinski definition) is 2. The molecule has 0 aromatic carbocycles. The van der Waals surface area contributed by atoms with Gasteiger partial charge in [-0.3, -0.25) is 0 Å². The van der Waals surface area contributed by atoms with Gasteiger partial charge >= 0.3 is 0 Å². The molecule has 0 aliphatic rings. The Morgan fingerprint density at radius 1 is 0.833 bits per heavy atom. The predicted molar refractivity (Wildman–Crippen MR) is 82.3 cm³/mol. The highest BCUT2D eigenvalue weighted by Gasteiger charge is 2.38. The maximum Gasteiger partial charge on any atom is 0.0662 e. The molecule has 0 saturated carbocycles. The van der Waals surface area contributed by atoms with Crippen LogP contribution in [-0.4, -0.2) is 5.66 Å². The lowest BCUT2D eigenvalue weighted by Crippen LogP contribution is -2.60. The van der Waals surface area contributed by atoms with Gasteiger partial charge in [0.25, 0.3) is 0 Å². The highest BCUT2D eigenvalue weighted by Crippen LogP contribution is 2.36. The number of hydrogen-bond acceptors (Lipinski definition) is 2. The van der Waals surface area contributed by atoms with Crippen molar-refractivity contribution in [2.75, 3.05) is 0 Å². The van der Waals surface area contributed by atoms with Crippen LogP contribution in [0.15, 0.2) is 0 Å². The maximum absolute atomic E-state index is 6.08. The van der Waals surface area contributed by atoms with Crippen molar-refractivity contribution >= 4 is 0 Å². The van der Waals surface area contributed by atoms with Crippen molar-refractivity contribution in [3.63, 3.8) is 0 Å². The van der Waals surface area contributed by atoms with Gasteiger partial charge in [-0.1, -0.05) is 79.1 Å². The zero-order chi connectivity index (χ0) is 14.2. The van der Waals surface area contributed by atoms with E-state index >= 15 is 0 Å². The molecular weight excluding hydrogens is 220 g/mol. The van der Waals surface area contributed by atoms with Crippen LogP contribution in [-0.2, 0) is 0 Å². The van der Waals surface area contributed by atoms with Gasteiger partial charge in [0.05, 0.1) is 5.66 Å². The second-order valence-electron chi connectivity index (χ2n) is 6.82. The quantitative estimate of drug-likeness (QED) is 0.449. The summed E-state index contributed by atoms with van der Waals surface area (Å²) in [6.07, 6.45) is 10.8. The lowest BCUT2D eigenvalue weighted by atomic mass is 9.69. The fourth-order valence-corrected chi connectivity index (χ4v) is 2.30. The molecule has 0 aromatic heterocycles. The SMILES string of the molecule is CCCCCCCCCC(C)C(C)(C)C(C)(N)N. The minimum absolute atomic E-state index is 0.00475. The second kappa shape index (κ2) is 8.16. The van der Waals surface area contributed by atoms with Crippen molar-refractivity contribution in [1.29, 1.82) is 0 Å². The first-order valence-corrected chi connectivity index (χ1v) is 7.81. The largest absolute Gasteiger partial charge is 0.313 e. The van der Waals surface area contributed by atoms with Crippen molar-refractivity contribution in [1.82, 2.24) is 0 Å². The summed E-state index contributed by atoms with van der Waals surface area (Å²) in [5.74, 6) is 0.577. The molecule has 0 aliphatic heterocycles. The second-order valence-corrected chi connectivity index (χ2v) is 6.82. The highest BCUT2D eigenvalue weighted by atomic mass is 15.0. The third kappa shape index (κ3) is 6.19. The monoisotopic (exact) mass is 256 g/mol. The van der Waals surface area contributed by atoms with Crippen LogP contribution in [0.2, 0.25) is 0 Å². The minimum Gasteiger partial charge on any atom is -0.313 e. The predicted octanol–water partition coefficient (Wildman–Crippen LogP) is 4.42. The lowest BCUT2D eigenvalue weighted by Gasteiger charge is -2.43. The van der Waals surface area contributed by atoms with Crippen molar-refractivity contribution in [2.24, 2.45) is 22.8 Å². The Kier molecular flexibility index (Phi) is 8.13. The minimum atomic E-state index is -0.590. The Hall–Kier alpha value is -0.0800. The van der Waals surface area contributed by atoms with Crippen LogP contribution in [0.3, 0.4) is 0 Å². The average molecular weight is 256 g/mol. The Morgan fingerprint density at radius 2 is 1.28 bits per heavy atom. The summed E-state index contributed by atoms with van der Waals surface area (Å²) >= 11 is 0. The van der Waals surface area contributed by atoms with Gasteiger partial charge in [0.1, 0.15) is 0 Å². The van der Waals surface area contributed by atoms with E-state index in [0.717, 1.165) is 0 Å². The van der Waals surface area contributed by atoms with E-state index in [0.29, 0.717) is 5.92 Å². The van der Waals surface area contributed by atoms with Crippen LogP contribution in [0.5, 0.6) is 0 Å². The van der Waals surface area contributed by atoms with E-state index in [4.69, 9.17) is 11.5 Å². The maximum atomic E-state index is 6.08. The highest BCUT2D eigenvalue weighted by molar-refractivity contribution is 4.92. The Balaban J connectivity index is 3.74. The van der Waals surface area contributed by atoms with Crippen LogP contribution in [0, 0.1) is 11.3 Å². The van der Waals surface area contributed by atoms with Crippen molar-refractivity contribution in [3.8, 4) is 0 Å². The topological polar surface area (TPSA) is 52.0 Å². The van der Waals surface area contributed by atoms with E-state index in [1.807, 2.05) is 6.92 Å². The molecule has 1 unspecified atom stereocenters. The molecule has 0 bridgehead atoms. The van der Waals surface area contributed by atoms with E-state index in [1.165, 1.54) is 51.4 Å². The lowest BCUT2D eigenvalue weighted by molar-refractivity contribution is 0.102. The zero-order valence-electron chi connectivity index (χ0n) is 13.4. The first-order chi connectivity index (χ1) is 8.23. The molecule has 0 aromatic rings. The van der Waals surface area contributed by atoms with Gasteiger partial charge in [-0.2, -0.15) is 0 Å². The van der Waals surface area contributed by atoms with Crippen molar-refractivity contribution < 1.29 is 0 Å². The van der Waals surface area contributed by atoms with Crippen LogP contribution in [0.4, 0.5) is 0 Å². The van der Waals surface area contributed by atoms with Gasteiger partial charge in [-0.15, -0.1) is 0 Å². The summed E-state index contributed by atoms with van der Waals surface area (Å²) in [6.45, 7) is 10.9. The van der Waals surface area contributed by atoms with E-state index < -0.39 is 5.66 Å². The van der Waals surface area contributed by atoms with E-state index in [-0.39, 0.29) is 5.41 Å². The summed E-state index contributed by atoms with van der Waals surface area (Å²) in [4.78, 5) is 0. The number of nitrogens with two attached hydrogens (primary N) is 2.